The maximum atomic E-state index is 13.2. The maximum Gasteiger partial charge on any atom is 0.364 e. The van der Waals surface area contributed by atoms with Gasteiger partial charge in [-0.3, -0.25) is 19.2 Å². The Balaban J connectivity index is 1.33. The van der Waals surface area contributed by atoms with E-state index in [1.807, 2.05) is 0 Å². The number of carboxylic acid groups (broad SMARTS) is 1. The van der Waals surface area contributed by atoms with E-state index in [1.54, 1.807) is 0 Å². The van der Waals surface area contributed by atoms with Crippen molar-refractivity contribution in [3.8, 4) is 0 Å². The Morgan fingerprint density at radius 3 is 1.45 bits per heavy atom. The van der Waals surface area contributed by atoms with Crippen LogP contribution < -0.4 is 21.3 Å². The summed E-state index contributed by atoms with van der Waals surface area (Å²) in [7, 11) is 0. The van der Waals surface area contributed by atoms with E-state index in [4.69, 9.17) is 56.8 Å². The molecule has 35 atom stereocenters. The molecule has 0 aliphatic carbocycles. The lowest BCUT2D eigenvalue weighted by Gasteiger charge is -2.51. The summed E-state index contributed by atoms with van der Waals surface area (Å²) in [6, 6.07) is -7.45. The van der Waals surface area contributed by atoms with Crippen molar-refractivity contribution in [1.82, 2.24) is 21.3 Å². The van der Waals surface area contributed by atoms with Gasteiger partial charge in [0.05, 0.1) is 71.0 Å². The molecule has 0 spiro atoms. The van der Waals surface area contributed by atoms with Crippen LogP contribution in [-0.4, -0.2) is 421 Å². The fourth-order valence-corrected chi connectivity index (χ4v) is 11.8. The Morgan fingerprint density at radius 1 is 0.485 bits per heavy atom. The van der Waals surface area contributed by atoms with Gasteiger partial charge in [0.25, 0.3) is 5.79 Å². The number of carbonyl (C=O) groups excluding carboxylic acids is 4. The Kier molecular flexibility index (Phi) is 30.6. The molecule has 0 aromatic heterocycles. The van der Waals surface area contributed by atoms with Crippen molar-refractivity contribution in [2.45, 2.75) is 241 Å². The van der Waals surface area contributed by atoms with Gasteiger partial charge >= 0.3 is 5.97 Å². The first kappa shape index (κ1) is 82.0. The number of aliphatic hydroxyl groups is 22. The molecule has 0 aromatic carbocycles. The number of hydrogen-bond acceptors (Lipinski definition) is 39. The highest BCUT2D eigenvalue weighted by atomic mass is 16.8. The van der Waals surface area contributed by atoms with Crippen molar-refractivity contribution < 1.29 is 198 Å². The van der Waals surface area contributed by atoms with Crippen LogP contribution in [0.1, 0.15) is 27.2 Å². The molecule has 27 N–H and O–H groups in total. The molecule has 562 valence electrons. The highest BCUT2D eigenvalue weighted by Crippen LogP contribution is 2.40. The molecule has 44 nitrogen and oxygen atoms in total. The van der Waals surface area contributed by atoms with Crippen molar-refractivity contribution >= 4 is 29.6 Å². The summed E-state index contributed by atoms with van der Waals surface area (Å²) in [4.78, 5) is 63.4. The monoisotopic (exact) mass is 1420 g/mol. The van der Waals surface area contributed by atoms with Crippen LogP contribution in [0.25, 0.3) is 0 Å². The quantitative estimate of drug-likeness (QED) is 0.0306. The molecule has 6 fully saturated rings. The molecule has 0 aromatic rings. The number of rotatable bonds is 31. The Hall–Kier alpha value is -4.01. The van der Waals surface area contributed by atoms with E-state index in [-0.39, 0.29) is 0 Å². The number of hydrogen-bond donors (Lipinski definition) is 27. The molecule has 4 amide bonds. The van der Waals surface area contributed by atoms with E-state index in [0.717, 1.165) is 20.8 Å². The number of amides is 4. The van der Waals surface area contributed by atoms with Gasteiger partial charge in [0.2, 0.25) is 23.6 Å². The van der Waals surface area contributed by atoms with E-state index >= 15 is 0 Å². The zero-order valence-electron chi connectivity index (χ0n) is 51.9. The van der Waals surface area contributed by atoms with E-state index in [1.165, 1.54) is 0 Å². The fourth-order valence-electron chi connectivity index (χ4n) is 11.8. The average molecular weight is 1420 g/mol. The Labute approximate surface area is 548 Å². The Bertz CT molecular complexity index is 2510. The lowest BCUT2D eigenvalue weighted by molar-refractivity contribution is -0.388. The molecule has 6 heterocycles. The van der Waals surface area contributed by atoms with Gasteiger partial charge in [-0.05, 0) is 0 Å². The molecular formula is C53H90N4O40. The van der Waals surface area contributed by atoms with Crippen LogP contribution >= 0.6 is 0 Å². The van der Waals surface area contributed by atoms with Crippen molar-refractivity contribution in [2.75, 3.05) is 59.5 Å². The third-order valence-electron chi connectivity index (χ3n) is 16.9. The fraction of sp³-hybridized carbons (Fsp3) is 0.906. The van der Waals surface area contributed by atoms with Crippen LogP contribution in [0.15, 0.2) is 0 Å². The summed E-state index contributed by atoms with van der Waals surface area (Å²) in [5, 5.41) is 258. The second kappa shape index (κ2) is 36.2. The minimum atomic E-state index is -3.33. The normalized spacial score (nSPS) is 42.2. The van der Waals surface area contributed by atoms with Gasteiger partial charge in [-0.2, -0.15) is 0 Å². The Morgan fingerprint density at radius 2 is 0.959 bits per heavy atom. The summed E-state index contributed by atoms with van der Waals surface area (Å²) in [6.07, 6.45) is -65.6. The number of aliphatic hydroxyl groups excluding tert-OH is 22. The molecule has 6 aliphatic heterocycles. The first-order valence-electron chi connectivity index (χ1n) is 30.3. The summed E-state index contributed by atoms with van der Waals surface area (Å²) >= 11 is 0. The first-order chi connectivity index (χ1) is 45.7. The standard InChI is InChI=1S/C53H90N4O40/c1-14(66)54-17(5-58)41(30(73)19(70)6-59)92-50-39(82)45(34(77)25(91-50)13-86-47-28(55-15(2)67)35(78)42(23(10-63)89-47)93-49-38(81)37(80)32(75)21(8-61)87-49)95-48-29(56-16(3)68)36(79)43(24(11-64)90-48)94-51-40(83)46(33(76)22(9-62)88-51)97-53(52(84)85)4-18(69)27(57-26(72)12-65)44(96-53)31(74)20(71)7-60/h17-25,27-51,58-65,69-71,73-83H,4-13H2,1-3H3,(H,54,66)(H,55,67)(H,56,68)(H,57,72)(H,84,85)/t17-,18-,19+,20+,21+,22+,23+,24+,25+,27+,28+,29+,30-,31+,32-,33-,34-,35+,36+,37-,38+,39+,40+,41+,42+,43+,44+,45-,46-,47+,48-,49-,50-,51-,53-/m0/s1. The number of carbonyl (C=O) groups is 5. The topological polar surface area (TPSA) is 710 Å². The van der Waals surface area contributed by atoms with Gasteiger partial charge in [-0.1, -0.05) is 0 Å². The van der Waals surface area contributed by atoms with Gasteiger partial charge in [-0.15, -0.1) is 0 Å². The zero-order chi connectivity index (χ0) is 72.4. The molecule has 6 saturated heterocycles. The van der Waals surface area contributed by atoms with E-state index in [9.17, 15) is 141 Å². The lowest BCUT2D eigenvalue weighted by atomic mass is 9.88. The van der Waals surface area contributed by atoms with Crippen LogP contribution in [0.4, 0.5) is 0 Å². The van der Waals surface area contributed by atoms with Crippen LogP contribution in [-0.2, 0) is 80.8 Å². The highest BCUT2D eigenvalue weighted by molar-refractivity contribution is 5.78. The second-order valence-electron chi connectivity index (χ2n) is 23.8. The minimum Gasteiger partial charge on any atom is -0.477 e. The van der Waals surface area contributed by atoms with E-state index in [2.05, 4.69) is 21.3 Å². The number of carboxylic acids is 1. The second-order valence-corrected chi connectivity index (χ2v) is 23.8. The van der Waals surface area contributed by atoms with Crippen molar-refractivity contribution in [1.29, 1.82) is 0 Å². The van der Waals surface area contributed by atoms with Crippen molar-refractivity contribution in [3.63, 3.8) is 0 Å². The smallest absolute Gasteiger partial charge is 0.364 e. The summed E-state index contributed by atoms with van der Waals surface area (Å²) in [5.74, 6) is -9.50. The molecule has 6 rings (SSSR count). The lowest BCUT2D eigenvalue weighted by Crippen LogP contribution is -2.71. The van der Waals surface area contributed by atoms with Crippen molar-refractivity contribution in [3.05, 3.63) is 0 Å². The molecule has 6 aliphatic rings. The van der Waals surface area contributed by atoms with Gasteiger partial charge in [0, 0.05) is 27.2 Å². The molecule has 0 radical (unpaired) electrons. The third-order valence-corrected chi connectivity index (χ3v) is 16.9. The van der Waals surface area contributed by atoms with E-state index < -0.39 is 309 Å². The van der Waals surface area contributed by atoms with Crippen LogP contribution in [0, 0.1) is 0 Å². The number of ether oxygens (including phenoxy) is 12. The number of nitrogens with one attached hydrogen (secondary N) is 4. The molecule has 0 bridgehead atoms. The molecule has 44 heteroatoms. The van der Waals surface area contributed by atoms with Crippen LogP contribution in [0.5, 0.6) is 0 Å². The van der Waals surface area contributed by atoms with Crippen LogP contribution in [0.3, 0.4) is 0 Å². The van der Waals surface area contributed by atoms with Gasteiger partial charge in [-0.25, -0.2) is 4.79 Å². The molecular weight excluding hydrogens is 1330 g/mol. The summed E-state index contributed by atoms with van der Waals surface area (Å²) in [5.41, 5.74) is 0. The average Bonchev–Trinajstić information content (AvgIpc) is 0.765. The van der Waals surface area contributed by atoms with Gasteiger partial charge in [0.15, 0.2) is 31.5 Å². The zero-order valence-corrected chi connectivity index (χ0v) is 51.9. The molecule has 0 saturated carbocycles. The predicted molar refractivity (Wildman–Crippen MR) is 299 cm³/mol. The summed E-state index contributed by atoms with van der Waals surface area (Å²) in [6.45, 7) is -7.45. The predicted octanol–water partition coefficient (Wildman–Crippen LogP) is -17.9. The maximum absolute atomic E-state index is 13.2. The van der Waals surface area contributed by atoms with E-state index in [0.29, 0.717) is 0 Å². The molecule has 97 heavy (non-hydrogen) atoms. The largest absolute Gasteiger partial charge is 0.477 e. The third kappa shape index (κ3) is 19.0. The van der Waals surface area contributed by atoms with Gasteiger partial charge in [0.1, 0.15) is 165 Å². The molecule has 0 unspecified atom stereocenters. The SMILES string of the molecule is CC(=O)N[C@H]1[C@H](OC[C@H]2O[C@@H](O[C@@H]([C@@H](O)[C@H](O)CO)[C@H](CO)NC(C)=O)[C@H](O)[C@@H](O[C@@H]3O[C@H](CO)[C@@H](O[C@@H]4O[C@H](CO)[C@H](O)[C@H](O[C@]5(C(=O)O)C[C@H](O)[C@@H](NC(=O)CO)[C@H]([C@H](O)[C@H](O)CO)O5)[C@H]4O)[C@H](O)[C@H]3NC(C)=O)[C@H]2O)O[C@H](CO)[C@@H](O[C@@H]2O[C@H](CO)[C@H](O)[C@H](O)[C@H]2O)[C@@H]1O. The van der Waals surface area contributed by atoms with Gasteiger partial charge < -0.3 is 196 Å². The number of aliphatic carboxylic acids is 1. The van der Waals surface area contributed by atoms with Crippen molar-refractivity contribution in [2.24, 2.45) is 0 Å². The highest BCUT2D eigenvalue weighted by Gasteiger charge is 2.62. The van der Waals surface area contributed by atoms with Crippen LogP contribution in [0.2, 0.25) is 0 Å². The summed E-state index contributed by atoms with van der Waals surface area (Å²) < 4.78 is 69.7. The first-order valence-corrected chi connectivity index (χ1v) is 30.3. The minimum absolute atomic E-state index is 0.880.